The van der Waals surface area contributed by atoms with Crippen molar-refractivity contribution < 1.29 is 9.53 Å². The summed E-state index contributed by atoms with van der Waals surface area (Å²) in [6.07, 6.45) is 1.57. The van der Waals surface area contributed by atoms with Gasteiger partial charge in [0.1, 0.15) is 11.4 Å². The van der Waals surface area contributed by atoms with Crippen LogP contribution in [-0.2, 0) is 4.74 Å². The van der Waals surface area contributed by atoms with E-state index < -0.39 is 5.60 Å². The number of nitrogens with zero attached hydrogens (tertiary/aromatic N) is 2. The van der Waals surface area contributed by atoms with Crippen LogP contribution in [0.15, 0.2) is 18.2 Å². The van der Waals surface area contributed by atoms with E-state index in [-0.39, 0.29) is 6.09 Å². The average molecular weight is 277 g/mol. The summed E-state index contributed by atoms with van der Waals surface area (Å²) in [5.41, 5.74) is 6.30. The number of piperidine rings is 1. The summed E-state index contributed by atoms with van der Waals surface area (Å²) in [5, 5.41) is 0. The molecule has 0 unspecified atom stereocenters. The Kier molecular flexibility index (Phi) is 4.16. The molecule has 2 N–H and O–H groups in total. The number of carbonyl (C=O) groups excluding carboxylic acids is 1. The van der Waals surface area contributed by atoms with Crippen molar-refractivity contribution in [3.63, 3.8) is 0 Å². The normalized spacial score (nSPS) is 17.1. The number of carbonyl (C=O) groups is 1. The third-order valence-electron chi connectivity index (χ3n) is 3.36. The van der Waals surface area contributed by atoms with E-state index in [4.69, 9.17) is 10.5 Å². The quantitative estimate of drug-likeness (QED) is 0.857. The van der Waals surface area contributed by atoms with Gasteiger partial charge in [-0.1, -0.05) is 6.07 Å². The SMILES string of the molecule is CC(C)(C)OC(=O)N1CCC(c2cccc(N)n2)CC1. The summed E-state index contributed by atoms with van der Waals surface area (Å²) in [4.78, 5) is 18.1. The number of anilines is 1. The fraction of sp³-hybridized carbons (Fsp3) is 0.600. The molecular weight excluding hydrogens is 254 g/mol. The zero-order valence-electron chi connectivity index (χ0n) is 12.4. The Morgan fingerprint density at radius 3 is 2.55 bits per heavy atom. The topological polar surface area (TPSA) is 68.5 Å². The fourth-order valence-electron chi connectivity index (χ4n) is 2.38. The number of hydrogen-bond acceptors (Lipinski definition) is 4. The van der Waals surface area contributed by atoms with Gasteiger partial charge in [0.15, 0.2) is 0 Å². The lowest BCUT2D eigenvalue weighted by molar-refractivity contribution is 0.0204. The molecule has 0 bridgehead atoms. The van der Waals surface area contributed by atoms with E-state index in [9.17, 15) is 4.79 Å². The van der Waals surface area contributed by atoms with Crippen molar-refractivity contribution in [2.45, 2.75) is 45.1 Å². The summed E-state index contributed by atoms with van der Waals surface area (Å²) in [7, 11) is 0. The lowest BCUT2D eigenvalue weighted by Crippen LogP contribution is -2.41. The molecule has 1 aromatic rings. The van der Waals surface area contributed by atoms with Gasteiger partial charge in [-0.25, -0.2) is 9.78 Å². The van der Waals surface area contributed by atoms with Crippen LogP contribution in [0.2, 0.25) is 0 Å². The predicted molar refractivity (Wildman–Crippen MR) is 78.4 cm³/mol. The molecule has 0 atom stereocenters. The Hall–Kier alpha value is -1.78. The first-order valence-electron chi connectivity index (χ1n) is 7.05. The molecule has 2 rings (SSSR count). The second-order valence-electron chi connectivity index (χ2n) is 6.23. The summed E-state index contributed by atoms with van der Waals surface area (Å²) < 4.78 is 5.39. The molecule has 1 fully saturated rings. The molecule has 1 amide bonds. The van der Waals surface area contributed by atoms with E-state index >= 15 is 0 Å². The number of rotatable bonds is 1. The standard InChI is InChI=1S/C15H23N3O2/c1-15(2,3)20-14(19)18-9-7-11(8-10-18)12-5-4-6-13(16)17-12/h4-6,11H,7-10H2,1-3H3,(H2,16,17). The predicted octanol–water partition coefficient (Wildman–Crippen LogP) is 2.78. The lowest BCUT2D eigenvalue weighted by atomic mass is 9.93. The number of aromatic nitrogens is 1. The van der Waals surface area contributed by atoms with Crippen molar-refractivity contribution in [3.05, 3.63) is 23.9 Å². The van der Waals surface area contributed by atoms with Crippen molar-refractivity contribution in [3.8, 4) is 0 Å². The maximum atomic E-state index is 12.0. The Bertz CT molecular complexity index is 474. The molecule has 0 saturated carbocycles. The summed E-state index contributed by atoms with van der Waals surface area (Å²) in [5.74, 6) is 0.925. The van der Waals surface area contributed by atoms with E-state index in [1.54, 1.807) is 11.0 Å². The van der Waals surface area contributed by atoms with E-state index in [1.807, 2.05) is 32.9 Å². The van der Waals surface area contributed by atoms with Crippen molar-refractivity contribution in [2.24, 2.45) is 0 Å². The number of nitrogens with two attached hydrogens (primary N) is 1. The number of hydrogen-bond donors (Lipinski definition) is 1. The molecule has 20 heavy (non-hydrogen) atoms. The third-order valence-corrected chi connectivity index (χ3v) is 3.36. The van der Waals surface area contributed by atoms with E-state index in [0.717, 1.165) is 18.5 Å². The highest BCUT2D eigenvalue weighted by molar-refractivity contribution is 5.68. The van der Waals surface area contributed by atoms with Crippen LogP contribution in [0.4, 0.5) is 10.6 Å². The van der Waals surface area contributed by atoms with Crippen LogP contribution in [0, 0.1) is 0 Å². The monoisotopic (exact) mass is 277 g/mol. The van der Waals surface area contributed by atoms with Gasteiger partial charge >= 0.3 is 6.09 Å². The van der Waals surface area contributed by atoms with E-state index in [0.29, 0.717) is 24.8 Å². The van der Waals surface area contributed by atoms with Gasteiger partial charge in [-0.15, -0.1) is 0 Å². The summed E-state index contributed by atoms with van der Waals surface area (Å²) in [6, 6.07) is 5.72. The highest BCUT2D eigenvalue weighted by atomic mass is 16.6. The van der Waals surface area contributed by atoms with Gasteiger partial charge in [0, 0.05) is 24.7 Å². The first kappa shape index (κ1) is 14.6. The number of nitrogen functional groups attached to an aromatic ring is 1. The number of likely N-dealkylation sites (tertiary alicyclic amines) is 1. The molecule has 5 nitrogen and oxygen atoms in total. The Balaban J connectivity index is 1.91. The molecule has 1 aliphatic rings. The smallest absolute Gasteiger partial charge is 0.410 e. The minimum atomic E-state index is -0.441. The minimum Gasteiger partial charge on any atom is -0.444 e. The molecule has 0 radical (unpaired) electrons. The van der Waals surface area contributed by atoms with E-state index in [1.165, 1.54) is 0 Å². The van der Waals surface area contributed by atoms with Crippen molar-refractivity contribution in [1.82, 2.24) is 9.88 Å². The minimum absolute atomic E-state index is 0.225. The van der Waals surface area contributed by atoms with E-state index in [2.05, 4.69) is 4.98 Å². The largest absolute Gasteiger partial charge is 0.444 e. The van der Waals surface area contributed by atoms with Gasteiger partial charge in [0.25, 0.3) is 0 Å². The highest BCUT2D eigenvalue weighted by Crippen LogP contribution is 2.27. The van der Waals surface area contributed by atoms with Gasteiger partial charge in [-0.2, -0.15) is 0 Å². The van der Waals surface area contributed by atoms with Gasteiger partial charge in [-0.3, -0.25) is 0 Å². The van der Waals surface area contributed by atoms with Crippen LogP contribution >= 0.6 is 0 Å². The third kappa shape index (κ3) is 3.85. The Morgan fingerprint density at radius 1 is 1.35 bits per heavy atom. The van der Waals surface area contributed by atoms with Crippen molar-refractivity contribution in [2.75, 3.05) is 18.8 Å². The number of ether oxygens (including phenoxy) is 1. The molecule has 2 heterocycles. The molecule has 0 aliphatic carbocycles. The van der Waals surface area contributed by atoms with Crippen LogP contribution in [0.1, 0.15) is 45.2 Å². The van der Waals surface area contributed by atoms with Crippen LogP contribution < -0.4 is 5.73 Å². The van der Waals surface area contributed by atoms with Gasteiger partial charge in [0.05, 0.1) is 0 Å². The maximum absolute atomic E-state index is 12.0. The first-order chi connectivity index (χ1) is 9.35. The van der Waals surface area contributed by atoms with Crippen LogP contribution in [0.25, 0.3) is 0 Å². The average Bonchev–Trinajstić information content (AvgIpc) is 2.37. The Labute approximate surface area is 120 Å². The number of pyridine rings is 1. The molecule has 1 saturated heterocycles. The first-order valence-corrected chi connectivity index (χ1v) is 7.05. The van der Waals surface area contributed by atoms with Crippen molar-refractivity contribution >= 4 is 11.9 Å². The molecule has 110 valence electrons. The van der Waals surface area contributed by atoms with Crippen molar-refractivity contribution in [1.29, 1.82) is 0 Å². The molecule has 0 aromatic carbocycles. The van der Waals surface area contributed by atoms with Crippen LogP contribution in [-0.4, -0.2) is 34.7 Å². The molecule has 0 spiro atoms. The highest BCUT2D eigenvalue weighted by Gasteiger charge is 2.27. The second-order valence-corrected chi connectivity index (χ2v) is 6.23. The Morgan fingerprint density at radius 2 is 2.00 bits per heavy atom. The lowest BCUT2D eigenvalue weighted by Gasteiger charge is -2.33. The molecule has 1 aromatic heterocycles. The zero-order valence-corrected chi connectivity index (χ0v) is 12.4. The van der Waals surface area contributed by atoms with Crippen LogP contribution in [0.3, 0.4) is 0 Å². The fourth-order valence-corrected chi connectivity index (χ4v) is 2.38. The number of amides is 1. The summed E-state index contributed by atoms with van der Waals surface area (Å²) in [6.45, 7) is 7.06. The second kappa shape index (κ2) is 5.69. The summed E-state index contributed by atoms with van der Waals surface area (Å²) >= 11 is 0. The molecule has 5 heteroatoms. The van der Waals surface area contributed by atoms with Crippen LogP contribution in [0.5, 0.6) is 0 Å². The van der Waals surface area contributed by atoms with Gasteiger partial charge < -0.3 is 15.4 Å². The molecule has 1 aliphatic heterocycles. The molecular formula is C15H23N3O2. The van der Waals surface area contributed by atoms with Gasteiger partial charge in [-0.05, 0) is 45.7 Å². The zero-order chi connectivity index (χ0) is 14.8. The van der Waals surface area contributed by atoms with Gasteiger partial charge in [0.2, 0.25) is 0 Å². The maximum Gasteiger partial charge on any atom is 0.410 e.